The summed E-state index contributed by atoms with van der Waals surface area (Å²) in [6.45, 7) is 7.82. The molecule has 3 heteroatoms. The summed E-state index contributed by atoms with van der Waals surface area (Å²) < 4.78 is 7.08. The van der Waals surface area contributed by atoms with Gasteiger partial charge >= 0.3 is 0 Å². The van der Waals surface area contributed by atoms with Crippen molar-refractivity contribution < 1.29 is 4.74 Å². The maximum Gasteiger partial charge on any atom is 0.124 e. The predicted molar refractivity (Wildman–Crippen MR) is 91.6 cm³/mol. The van der Waals surface area contributed by atoms with E-state index in [1.165, 1.54) is 11.1 Å². The van der Waals surface area contributed by atoms with Crippen LogP contribution < -0.4 is 10.1 Å². The largest absolute Gasteiger partial charge is 0.489 e. The minimum Gasteiger partial charge on any atom is -0.489 e. The molecule has 2 rings (SSSR count). The molecule has 0 saturated heterocycles. The highest BCUT2D eigenvalue weighted by Crippen LogP contribution is 2.22. The van der Waals surface area contributed by atoms with Gasteiger partial charge in [-0.2, -0.15) is 0 Å². The summed E-state index contributed by atoms with van der Waals surface area (Å²) in [4.78, 5) is 0. The van der Waals surface area contributed by atoms with Crippen molar-refractivity contribution in [3.8, 4) is 5.75 Å². The second-order valence-corrected chi connectivity index (χ2v) is 6.48. The molecule has 0 spiro atoms. The van der Waals surface area contributed by atoms with E-state index in [9.17, 15) is 0 Å². The van der Waals surface area contributed by atoms with Gasteiger partial charge in [0.05, 0.1) is 0 Å². The fraction of sp³-hybridized carbons (Fsp3) is 0.333. The van der Waals surface area contributed by atoms with E-state index in [1.54, 1.807) is 0 Å². The molecule has 0 radical (unpaired) electrons. The lowest BCUT2D eigenvalue weighted by atomic mass is 10.1. The number of ether oxygens (including phenoxy) is 1. The molecule has 0 aliphatic rings. The van der Waals surface area contributed by atoms with Gasteiger partial charge in [-0.1, -0.05) is 59.6 Å². The van der Waals surface area contributed by atoms with E-state index in [-0.39, 0.29) is 0 Å². The first-order valence-corrected chi connectivity index (χ1v) is 8.04. The minimum absolute atomic E-state index is 0.462. The van der Waals surface area contributed by atoms with Gasteiger partial charge in [-0.25, -0.2) is 0 Å². The van der Waals surface area contributed by atoms with Crippen LogP contribution in [0, 0.1) is 6.92 Å². The highest BCUT2D eigenvalue weighted by molar-refractivity contribution is 9.10. The van der Waals surface area contributed by atoms with E-state index in [1.807, 2.05) is 12.1 Å². The minimum atomic E-state index is 0.462. The van der Waals surface area contributed by atoms with Gasteiger partial charge in [0.25, 0.3) is 0 Å². The molecule has 0 fully saturated rings. The molecule has 0 unspecified atom stereocenters. The summed E-state index contributed by atoms with van der Waals surface area (Å²) in [5.74, 6) is 0.953. The van der Waals surface area contributed by atoms with Crippen molar-refractivity contribution in [1.29, 1.82) is 0 Å². The van der Waals surface area contributed by atoms with Crippen molar-refractivity contribution >= 4 is 15.9 Å². The van der Waals surface area contributed by atoms with E-state index < -0.39 is 0 Å². The van der Waals surface area contributed by atoms with Gasteiger partial charge in [0.2, 0.25) is 0 Å². The number of hydrogen-bond acceptors (Lipinski definition) is 2. The van der Waals surface area contributed by atoms with E-state index >= 15 is 0 Å². The van der Waals surface area contributed by atoms with Crippen LogP contribution in [0.15, 0.2) is 46.9 Å². The van der Waals surface area contributed by atoms with Crippen LogP contribution in [0.2, 0.25) is 0 Å². The Bertz CT molecular complexity index is 596. The number of nitrogens with one attached hydrogen (secondary N) is 1. The van der Waals surface area contributed by atoms with Crippen molar-refractivity contribution in [2.75, 3.05) is 0 Å². The first-order chi connectivity index (χ1) is 10.0. The Hall–Kier alpha value is -1.32. The van der Waals surface area contributed by atoms with E-state index in [2.05, 4.69) is 72.3 Å². The predicted octanol–water partition coefficient (Wildman–Crippen LogP) is 4.83. The smallest absolute Gasteiger partial charge is 0.124 e. The lowest BCUT2D eigenvalue weighted by molar-refractivity contribution is 0.301. The van der Waals surface area contributed by atoms with Crippen molar-refractivity contribution in [2.45, 2.75) is 40.0 Å². The topological polar surface area (TPSA) is 21.3 Å². The van der Waals surface area contributed by atoms with Gasteiger partial charge in [0, 0.05) is 22.6 Å². The maximum absolute atomic E-state index is 6.00. The third-order valence-corrected chi connectivity index (χ3v) is 3.69. The monoisotopic (exact) mass is 347 g/mol. The molecule has 2 nitrogen and oxygen atoms in total. The Morgan fingerprint density at radius 3 is 2.67 bits per heavy atom. The first-order valence-electron chi connectivity index (χ1n) is 7.25. The molecule has 0 saturated carbocycles. The average Bonchev–Trinajstić information content (AvgIpc) is 2.44. The fourth-order valence-electron chi connectivity index (χ4n) is 2.09. The Balaban J connectivity index is 2.08. The molecule has 0 aliphatic heterocycles. The van der Waals surface area contributed by atoms with Gasteiger partial charge in [0.15, 0.2) is 0 Å². The second-order valence-electron chi connectivity index (χ2n) is 5.57. The van der Waals surface area contributed by atoms with Crippen LogP contribution in [0.1, 0.15) is 30.5 Å². The third kappa shape index (κ3) is 5.18. The summed E-state index contributed by atoms with van der Waals surface area (Å²) in [7, 11) is 0. The Morgan fingerprint density at radius 2 is 1.95 bits per heavy atom. The number of aryl methyl sites for hydroxylation is 1. The summed E-state index contributed by atoms with van der Waals surface area (Å²) in [5, 5.41) is 3.45. The van der Waals surface area contributed by atoms with Crippen molar-refractivity contribution in [2.24, 2.45) is 0 Å². The first kappa shape index (κ1) is 16.1. The summed E-state index contributed by atoms with van der Waals surface area (Å²) in [5.41, 5.74) is 3.62. The second kappa shape index (κ2) is 7.62. The Kier molecular flexibility index (Phi) is 5.83. The van der Waals surface area contributed by atoms with E-state index in [0.717, 1.165) is 22.3 Å². The molecule has 0 atom stereocenters. The van der Waals surface area contributed by atoms with E-state index in [0.29, 0.717) is 12.6 Å². The van der Waals surface area contributed by atoms with Crippen LogP contribution in [0.25, 0.3) is 0 Å². The maximum atomic E-state index is 6.00. The normalized spacial score (nSPS) is 10.9. The molecule has 112 valence electrons. The van der Waals surface area contributed by atoms with Crippen LogP contribution in [0.4, 0.5) is 0 Å². The number of halogens is 1. The van der Waals surface area contributed by atoms with Gasteiger partial charge in [-0.05, 0) is 30.7 Å². The zero-order chi connectivity index (χ0) is 15.2. The van der Waals surface area contributed by atoms with Crippen molar-refractivity contribution in [3.05, 3.63) is 63.6 Å². The van der Waals surface area contributed by atoms with Gasteiger partial charge < -0.3 is 10.1 Å². The number of rotatable bonds is 6. The fourth-order valence-corrected chi connectivity index (χ4v) is 2.54. The Morgan fingerprint density at radius 1 is 1.14 bits per heavy atom. The summed E-state index contributed by atoms with van der Waals surface area (Å²) in [6.07, 6.45) is 0. The van der Waals surface area contributed by atoms with Gasteiger partial charge in [-0.15, -0.1) is 0 Å². The molecular formula is C18H22BrNO. The van der Waals surface area contributed by atoms with Crippen LogP contribution >= 0.6 is 15.9 Å². The molecule has 2 aromatic carbocycles. The lowest BCUT2D eigenvalue weighted by Crippen LogP contribution is -2.22. The van der Waals surface area contributed by atoms with Crippen molar-refractivity contribution in [3.63, 3.8) is 0 Å². The molecular weight excluding hydrogens is 326 g/mol. The highest BCUT2D eigenvalue weighted by Gasteiger charge is 2.06. The van der Waals surface area contributed by atoms with Gasteiger partial charge in [0.1, 0.15) is 12.4 Å². The van der Waals surface area contributed by atoms with Crippen LogP contribution in [0.5, 0.6) is 5.75 Å². The zero-order valence-corrected chi connectivity index (χ0v) is 14.4. The van der Waals surface area contributed by atoms with Crippen molar-refractivity contribution in [1.82, 2.24) is 5.32 Å². The molecule has 21 heavy (non-hydrogen) atoms. The average molecular weight is 348 g/mol. The molecule has 0 aliphatic carbocycles. The number of hydrogen-bond donors (Lipinski definition) is 1. The summed E-state index contributed by atoms with van der Waals surface area (Å²) >= 11 is 3.49. The standard InChI is InChI=1S/C18H22BrNO/c1-13(2)20-11-16-9-14(3)7-8-18(16)21-12-15-5-4-6-17(19)10-15/h4-10,13,20H,11-12H2,1-3H3. The lowest BCUT2D eigenvalue weighted by Gasteiger charge is -2.15. The molecule has 2 aromatic rings. The third-order valence-electron chi connectivity index (χ3n) is 3.20. The molecule has 1 N–H and O–H groups in total. The van der Waals surface area contributed by atoms with Crippen LogP contribution in [-0.4, -0.2) is 6.04 Å². The van der Waals surface area contributed by atoms with Crippen LogP contribution in [0.3, 0.4) is 0 Å². The molecule has 0 bridgehead atoms. The van der Waals surface area contributed by atoms with Crippen LogP contribution in [-0.2, 0) is 13.2 Å². The molecule has 0 heterocycles. The molecule has 0 amide bonds. The quantitative estimate of drug-likeness (QED) is 0.807. The Labute approximate surface area is 135 Å². The number of benzene rings is 2. The summed E-state index contributed by atoms with van der Waals surface area (Å²) in [6, 6.07) is 15.0. The SMILES string of the molecule is Cc1ccc(OCc2cccc(Br)c2)c(CNC(C)C)c1. The van der Waals surface area contributed by atoms with E-state index in [4.69, 9.17) is 4.74 Å². The molecule has 0 aromatic heterocycles. The highest BCUT2D eigenvalue weighted by atomic mass is 79.9. The zero-order valence-electron chi connectivity index (χ0n) is 12.8. The van der Waals surface area contributed by atoms with Gasteiger partial charge in [-0.3, -0.25) is 0 Å².